The first-order valence-electron chi connectivity index (χ1n) is 6.29. The maximum atomic E-state index is 12.5. The SMILES string of the molecule is COc1cc(S(=O)(=O)N(C)C2CCS(=O)(=O)C2)ccc1N. The van der Waals surface area contributed by atoms with Gasteiger partial charge in [-0.25, -0.2) is 16.8 Å². The fraction of sp³-hybridized carbons (Fsp3) is 0.500. The molecule has 0 aromatic heterocycles. The Morgan fingerprint density at radius 2 is 2.05 bits per heavy atom. The molecule has 21 heavy (non-hydrogen) atoms. The van der Waals surface area contributed by atoms with E-state index in [1.54, 1.807) is 0 Å². The fourth-order valence-electron chi connectivity index (χ4n) is 2.28. The van der Waals surface area contributed by atoms with Gasteiger partial charge in [0.25, 0.3) is 0 Å². The van der Waals surface area contributed by atoms with E-state index < -0.39 is 25.9 Å². The molecule has 0 bridgehead atoms. The number of anilines is 1. The third-order valence-corrected chi connectivity index (χ3v) is 7.26. The van der Waals surface area contributed by atoms with E-state index in [1.807, 2.05) is 0 Å². The maximum absolute atomic E-state index is 12.5. The Hall–Kier alpha value is -1.32. The highest BCUT2D eigenvalue weighted by molar-refractivity contribution is 7.92. The normalized spacial score (nSPS) is 21.6. The molecule has 1 fully saturated rings. The summed E-state index contributed by atoms with van der Waals surface area (Å²) in [6.07, 6.45) is 0.310. The second-order valence-corrected chi connectivity index (χ2v) is 9.21. The van der Waals surface area contributed by atoms with Gasteiger partial charge >= 0.3 is 0 Å². The fourth-order valence-corrected chi connectivity index (χ4v) is 5.55. The quantitative estimate of drug-likeness (QED) is 0.782. The lowest BCUT2D eigenvalue weighted by Crippen LogP contribution is -2.37. The van der Waals surface area contributed by atoms with Crippen LogP contribution in [0.4, 0.5) is 5.69 Å². The van der Waals surface area contributed by atoms with Crippen LogP contribution in [0.15, 0.2) is 23.1 Å². The van der Waals surface area contributed by atoms with E-state index in [2.05, 4.69) is 0 Å². The molecule has 0 saturated carbocycles. The lowest BCUT2D eigenvalue weighted by atomic mass is 10.3. The standard InChI is InChI=1S/C12H18N2O5S2/c1-14(9-5-6-20(15,16)8-9)21(17,18)10-3-4-11(13)12(7-10)19-2/h3-4,7,9H,5-6,8,13H2,1-2H3. The Morgan fingerprint density at radius 1 is 1.38 bits per heavy atom. The number of benzene rings is 1. The van der Waals surface area contributed by atoms with Crippen molar-refractivity contribution in [3.05, 3.63) is 18.2 Å². The molecule has 1 saturated heterocycles. The number of nitrogens with two attached hydrogens (primary N) is 1. The first-order valence-corrected chi connectivity index (χ1v) is 9.55. The van der Waals surface area contributed by atoms with Gasteiger partial charge in [0.05, 0.1) is 29.2 Å². The van der Waals surface area contributed by atoms with E-state index in [1.165, 1.54) is 32.4 Å². The smallest absolute Gasteiger partial charge is 0.243 e. The van der Waals surface area contributed by atoms with Crippen LogP contribution in [0.2, 0.25) is 0 Å². The summed E-state index contributed by atoms with van der Waals surface area (Å²) in [7, 11) is -4.15. The summed E-state index contributed by atoms with van der Waals surface area (Å²) in [5, 5.41) is 0. The van der Waals surface area contributed by atoms with E-state index in [4.69, 9.17) is 10.5 Å². The zero-order valence-electron chi connectivity index (χ0n) is 11.8. The zero-order chi connectivity index (χ0) is 15.8. The van der Waals surface area contributed by atoms with Gasteiger partial charge in [-0.15, -0.1) is 0 Å². The number of nitrogen functional groups attached to an aromatic ring is 1. The van der Waals surface area contributed by atoms with Gasteiger partial charge in [0.15, 0.2) is 9.84 Å². The Balaban J connectivity index is 2.34. The van der Waals surface area contributed by atoms with E-state index in [9.17, 15) is 16.8 Å². The van der Waals surface area contributed by atoms with Crippen LogP contribution >= 0.6 is 0 Å². The molecule has 1 aromatic rings. The molecule has 2 N–H and O–H groups in total. The first-order chi connectivity index (χ1) is 9.67. The van der Waals surface area contributed by atoms with Gasteiger partial charge in [0.2, 0.25) is 10.0 Å². The Morgan fingerprint density at radius 3 is 2.57 bits per heavy atom. The molecule has 1 unspecified atom stereocenters. The minimum atomic E-state index is -3.79. The largest absolute Gasteiger partial charge is 0.495 e. The van der Waals surface area contributed by atoms with Gasteiger partial charge in [-0.1, -0.05) is 0 Å². The number of methoxy groups -OCH3 is 1. The van der Waals surface area contributed by atoms with Crippen molar-refractivity contribution in [1.82, 2.24) is 4.31 Å². The molecule has 0 radical (unpaired) electrons. The Bertz CT molecular complexity index is 743. The van der Waals surface area contributed by atoms with Crippen LogP contribution in [0.1, 0.15) is 6.42 Å². The third kappa shape index (κ3) is 3.14. The monoisotopic (exact) mass is 334 g/mol. The summed E-state index contributed by atoms with van der Waals surface area (Å²) in [4.78, 5) is 0.0281. The van der Waals surface area contributed by atoms with Crippen molar-refractivity contribution >= 4 is 25.5 Å². The van der Waals surface area contributed by atoms with Gasteiger partial charge in [0.1, 0.15) is 5.75 Å². The minimum absolute atomic E-state index is 0.0165. The van der Waals surface area contributed by atoms with Crippen molar-refractivity contribution < 1.29 is 21.6 Å². The summed E-state index contributed by atoms with van der Waals surface area (Å²) in [5.41, 5.74) is 6.00. The Labute approximate surface area is 124 Å². The predicted octanol–water partition coefficient (Wildman–Crippen LogP) is 0.0850. The van der Waals surface area contributed by atoms with E-state index in [0.29, 0.717) is 12.1 Å². The van der Waals surface area contributed by atoms with Gasteiger partial charge in [0, 0.05) is 19.2 Å². The summed E-state index contributed by atoms with van der Waals surface area (Å²) in [6.45, 7) is 0. The lowest BCUT2D eigenvalue weighted by molar-refractivity contribution is 0.392. The van der Waals surface area contributed by atoms with Crippen LogP contribution in [0.3, 0.4) is 0 Å². The number of sulfone groups is 1. The second-order valence-electron chi connectivity index (χ2n) is 4.98. The van der Waals surface area contributed by atoms with Crippen molar-refractivity contribution in [2.45, 2.75) is 17.4 Å². The van der Waals surface area contributed by atoms with Crippen molar-refractivity contribution in [3.8, 4) is 5.75 Å². The maximum Gasteiger partial charge on any atom is 0.243 e. The first kappa shape index (κ1) is 16.1. The number of rotatable bonds is 4. The molecule has 0 spiro atoms. The zero-order valence-corrected chi connectivity index (χ0v) is 13.4. The van der Waals surface area contributed by atoms with E-state index in [-0.39, 0.29) is 22.2 Å². The van der Waals surface area contributed by atoms with E-state index >= 15 is 0 Å². The number of ether oxygens (including phenoxy) is 1. The van der Waals surface area contributed by atoms with Crippen LogP contribution < -0.4 is 10.5 Å². The summed E-state index contributed by atoms with van der Waals surface area (Å²) < 4.78 is 54.2. The van der Waals surface area contributed by atoms with Crippen LogP contribution in [0, 0.1) is 0 Å². The highest BCUT2D eigenvalue weighted by Gasteiger charge is 2.36. The molecule has 1 aliphatic heterocycles. The molecule has 7 nitrogen and oxygen atoms in total. The van der Waals surface area contributed by atoms with Crippen molar-refractivity contribution in [3.63, 3.8) is 0 Å². The minimum Gasteiger partial charge on any atom is -0.495 e. The Kier molecular flexibility index (Phi) is 4.18. The molecule has 1 aromatic carbocycles. The van der Waals surface area contributed by atoms with Gasteiger partial charge < -0.3 is 10.5 Å². The highest BCUT2D eigenvalue weighted by atomic mass is 32.2. The van der Waals surface area contributed by atoms with Gasteiger partial charge in [-0.3, -0.25) is 0 Å². The number of nitrogens with zero attached hydrogens (tertiary/aromatic N) is 1. The average Bonchev–Trinajstić information content (AvgIpc) is 2.78. The summed E-state index contributed by atoms with van der Waals surface area (Å²) in [6, 6.07) is 3.63. The van der Waals surface area contributed by atoms with E-state index in [0.717, 1.165) is 4.31 Å². The molecule has 1 aliphatic rings. The van der Waals surface area contributed by atoms with Crippen molar-refractivity contribution in [1.29, 1.82) is 0 Å². The number of sulfonamides is 1. The lowest BCUT2D eigenvalue weighted by Gasteiger charge is -2.23. The van der Waals surface area contributed by atoms with Crippen LogP contribution in [0.5, 0.6) is 5.75 Å². The van der Waals surface area contributed by atoms with Crippen LogP contribution in [-0.2, 0) is 19.9 Å². The van der Waals surface area contributed by atoms with Gasteiger partial charge in [-0.2, -0.15) is 4.31 Å². The van der Waals surface area contributed by atoms with Crippen molar-refractivity contribution in [2.24, 2.45) is 0 Å². The molecule has 0 amide bonds. The molecule has 0 aliphatic carbocycles. The number of hydrogen-bond donors (Lipinski definition) is 1. The second kappa shape index (κ2) is 5.47. The summed E-state index contributed by atoms with van der Waals surface area (Å²) >= 11 is 0. The molecule has 1 atom stereocenters. The highest BCUT2D eigenvalue weighted by Crippen LogP contribution is 2.28. The van der Waals surface area contributed by atoms with Crippen molar-refractivity contribution in [2.75, 3.05) is 31.4 Å². The molecular formula is C12H18N2O5S2. The molecular weight excluding hydrogens is 316 g/mol. The third-order valence-electron chi connectivity index (χ3n) is 3.60. The van der Waals surface area contributed by atoms with Crippen LogP contribution in [-0.4, -0.2) is 52.8 Å². The number of hydrogen-bond acceptors (Lipinski definition) is 6. The van der Waals surface area contributed by atoms with Gasteiger partial charge in [-0.05, 0) is 18.6 Å². The predicted molar refractivity (Wildman–Crippen MR) is 79.4 cm³/mol. The summed E-state index contributed by atoms with van der Waals surface area (Å²) in [5.74, 6) is 0.140. The topological polar surface area (TPSA) is 107 Å². The molecule has 9 heteroatoms. The molecule has 118 valence electrons. The van der Waals surface area contributed by atoms with Crippen LogP contribution in [0.25, 0.3) is 0 Å². The average molecular weight is 334 g/mol. The molecule has 1 heterocycles. The molecule has 2 rings (SSSR count).